The fraction of sp³-hybridized carbons (Fsp3) is 0.476. The molecule has 1 heterocycles. The second-order valence-electron chi connectivity index (χ2n) is 7.35. The number of aromatic nitrogens is 2. The monoisotopic (exact) mass is 401 g/mol. The van der Waals surface area contributed by atoms with Gasteiger partial charge in [0.2, 0.25) is 0 Å². The average Bonchev–Trinajstić information content (AvgIpc) is 2.69. The highest BCUT2D eigenvalue weighted by atomic mass is 16.2. The first-order valence-electron chi connectivity index (χ1n) is 9.82. The Morgan fingerprint density at radius 1 is 1.10 bits per heavy atom. The predicted octanol–water partition coefficient (Wildman–Crippen LogP) is 1.31. The number of nitrogens with zero attached hydrogens (tertiary/aromatic N) is 4. The van der Waals surface area contributed by atoms with Crippen molar-refractivity contribution in [1.29, 1.82) is 0 Å². The van der Waals surface area contributed by atoms with Crippen LogP contribution in [0.2, 0.25) is 0 Å². The van der Waals surface area contributed by atoms with Crippen LogP contribution in [-0.2, 0) is 20.1 Å². The summed E-state index contributed by atoms with van der Waals surface area (Å²) in [6, 6.07) is 8.10. The van der Waals surface area contributed by atoms with E-state index in [4.69, 9.17) is 5.73 Å². The lowest BCUT2D eigenvalue weighted by molar-refractivity contribution is 0.0927. The van der Waals surface area contributed by atoms with Crippen molar-refractivity contribution in [3.8, 4) is 0 Å². The molecule has 0 saturated carbocycles. The molecule has 2 rings (SSSR count). The molecule has 8 nitrogen and oxygen atoms in total. The van der Waals surface area contributed by atoms with E-state index in [0.29, 0.717) is 26.1 Å². The van der Waals surface area contributed by atoms with Crippen molar-refractivity contribution in [2.24, 2.45) is 7.05 Å². The Labute approximate surface area is 171 Å². The van der Waals surface area contributed by atoms with E-state index in [1.807, 2.05) is 62.0 Å². The lowest BCUT2D eigenvalue weighted by atomic mass is 10.1. The summed E-state index contributed by atoms with van der Waals surface area (Å²) in [7, 11) is 5.33. The number of carbonyl (C=O) groups excluding carboxylic acids is 1. The molecule has 8 heteroatoms. The largest absolute Gasteiger partial charge is 0.384 e. The molecule has 0 saturated heterocycles. The van der Waals surface area contributed by atoms with Gasteiger partial charge in [-0.05, 0) is 30.7 Å². The number of likely N-dealkylation sites (N-methyl/N-ethyl adjacent to an activating group) is 1. The van der Waals surface area contributed by atoms with Gasteiger partial charge in [-0.25, -0.2) is 4.79 Å². The van der Waals surface area contributed by atoms with E-state index in [1.54, 1.807) is 0 Å². The number of hydrogen-bond acceptors (Lipinski definition) is 6. The quantitative estimate of drug-likeness (QED) is 0.637. The zero-order chi connectivity index (χ0) is 21.7. The van der Waals surface area contributed by atoms with Gasteiger partial charge in [0.25, 0.3) is 5.56 Å². The lowest BCUT2D eigenvalue weighted by Crippen LogP contribution is -2.44. The number of carbonyl (C=O) groups is 1. The zero-order valence-corrected chi connectivity index (χ0v) is 17.9. The number of hydrogen-bond donors (Lipinski definition) is 1. The highest BCUT2D eigenvalue weighted by Crippen LogP contribution is 2.14. The van der Waals surface area contributed by atoms with Crippen LogP contribution in [0.3, 0.4) is 0 Å². The van der Waals surface area contributed by atoms with Gasteiger partial charge in [0.05, 0.1) is 6.54 Å². The molecule has 158 valence electrons. The molecule has 0 atom stereocenters. The normalized spacial score (nSPS) is 11.1. The number of ketones is 1. The second-order valence-corrected chi connectivity index (χ2v) is 7.35. The summed E-state index contributed by atoms with van der Waals surface area (Å²) >= 11 is 0. The van der Waals surface area contributed by atoms with Gasteiger partial charge in [-0.15, -0.1) is 0 Å². The van der Waals surface area contributed by atoms with Crippen molar-refractivity contribution >= 4 is 17.3 Å². The summed E-state index contributed by atoms with van der Waals surface area (Å²) in [5.41, 5.74) is 6.98. The van der Waals surface area contributed by atoms with Crippen LogP contribution in [0.25, 0.3) is 0 Å². The molecule has 0 aliphatic rings. The maximum atomic E-state index is 13.0. The first kappa shape index (κ1) is 22.4. The first-order valence-corrected chi connectivity index (χ1v) is 9.82. The van der Waals surface area contributed by atoms with E-state index in [2.05, 4.69) is 0 Å². The van der Waals surface area contributed by atoms with Crippen molar-refractivity contribution in [3.05, 3.63) is 56.2 Å². The van der Waals surface area contributed by atoms with Crippen LogP contribution < -0.4 is 21.9 Å². The fourth-order valence-electron chi connectivity index (χ4n) is 3.20. The molecule has 0 aliphatic carbocycles. The van der Waals surface area contributed by atoms with Crippen LogP contribution in [0.15, 0.2) is 33.9 Å². The summed E-state index contributed by atoms with van der Waals surface area (Å²) in [5.74, 6) is -0.420. The number of rotatable bonds is 9. The van der Waals surface area contributed by atoms with Crippen LogP contribution in [0, 0.1) is 0 Å². The van der Waals surface area contributed by atoms with E-state index >= 15 is 0 Å². The van der Waals surface area contributed by atoms with Gasteiger partial charge in [-0.3, -0.25) is 23.6 Å². The molecule has 0 radical (unpaired) electrons. The molecule has 0 fully saturated rings. The topological polar surface area (TPSA) is 93.6 Å². The molecule has 0 amide bonds. The van der Waals surface area contributed by atoms with Gasteiger partial charge in [0.1, 0.15) is 11.4 Å². The smallest absolute Gasteiger partial charge is 0.332 e. The van der Waals surface area contributed by atoms with Crippen molar-refractivity contribution in [3.63, 3.8) is 0 Å². The second kappa shape index (κ2) is 9.56. The van der Waals surface area contributed by atoms with Crippen molar-refractivity contribution < 1.29 is 4.79 Å². The number of Topliss-reactive ketones (excluding diaryl/α,β-unsaturated/α-hetero) is 1. The highest BCUT2D eigenvalue weighted by molar-refractivity contribution is 6.01. The van der Waals surface area contributed by atoms with Gasteiger partial charge in [-0.2, -0.15) is 0 Å². The molecule has 1 aromatic heterocycles. The first-order chi connectivity index (χ1) is 13.7. The van der Waals surface area contributed by atoms with Gasteiger partial charge in [-0.1, -0.05) is 26.0 Å². The molecule has 0 spiro atoms. The molecular weight excluding hydrogens is 370 g/mol. The van der Waals surface area contributed by atoms with Gasteiger partial charge in [0, 0.05) is 39.9 Å². The van der Waals surface area contributed by atoms with E-state index in [0.717, 1.165) is 15.8 Å². The molecule has 2 N–H and O–H groups in total. The Morgan fingerprint density at radius 2 is 1.72 bits per heavy atom. The van der Waals surface area contributed by atoms with E-state index in [1.165, 1.54) is 11.6 Å². The molecule has 0 unspecified atom stereocenters. The van der Waals surface area contributed by atoms with E-state index < -0.39 is 11.2 Å². The minimum Gasteiger partial charge on any atom is -0.384 e. The fourth-order valence-corrected chi connectivity index (χ4v) is 3.20. The summed E-state index contributed by atoms with van der Waals surface area (Å²) in [5, 5.41) is 0. The number of anilines is 2. The van der Waals surface area contributed by atoms with Crippen molar-refractivity contribution in [1.82, 2.24) is 14.0 Å². The Kier molecular flexibility index (Phi) is 7.39. The summed E-state index contributed by atoms with van der Waals surface area (Å²) < 4.78 is 2.25. The van der Waals surface area contributed by atoms with Crippen molar-refractivity contribution in [2.45, 2.75) is 33.4 Å². The maximum Gasteiger partial charge on any atom is 0.332 e. The van der Waals surface area contributed by atoms with Crippen LogP contribution in [-0.4, -0.2) is 47.0 Å². The molecule has 0 bridgehead atoms. The number of nitrogen functional groups attached to an aromatic ring is 1. The van der Waals surface area contributed by atoms with E-state index in [9.17, 15) is 14.4 Å². The maximum absolute atomic E-state index is 13.0. The lowest BCUT2D eigenvalue weighted by Gasteiger charge is -2.21. The minimum absolute atomic E-state index is 0.0451. The van der Waals surface area contributed by atoms with Gasteiger partial charge in [0.15, 0.2) is 5.78 Å². The summed E-state index contributed by atoms with van der Waals surface area (Å²) in [6.07, 6.45) is 0.667. The number of nitrogens with two attached hydrogens (primary N) is 1. The Morgan fingerprint density at radius 3 is 2.24 bits per heavy atom. The van der Waals surface area contributed by atoms with E-state index in [-0.39, 0.29) is 23.7 Å². The predicted molar refractivity (Wildman–Crippen MR) is 117 cm³/mol. The van der Waals surface area contributed by atoms with Crippen LogP contribution in [0.5, 0.6) is 0 Å². The SMILES string of the molecule is CCCn1c(N)c(C(=O)CN(CC)Cc2ccc(N(C)C)cc2)c(=O)n(C)c1=O. The Hall–Kier alpha value is -2.87. The third-order valence-electron chi connectivity index (χ3n) is 4.98. The molecule has 0 aliphatic heterocycles. The van der Waals surface area contributed by atoms with Gasteiger partial charge >= 0.3 is 5.69 Å². The number of benzene rings is 1. The van der Waals surface area contributed by atoms with Crippen LogP contribution >= 0.6 is 0 Å². The Balaban J connectivity index is 2.27. The van der Waals surface area contributed by atoms with Crippen LogP contribution in [0.4, 0.5) is 11.5 Å². The molecule has 2 aromatic rings. The Bertz CT molecular complexity index is 974. The van der Waals surface area contributed by atoms with Crippen molar-refractivity contribution in [2.75, 3.05) is 37.8 Å². The average molecular weight is 402 g/mol. The molecule has 29 heavy (non-hydrogen) atoms. The highest BCUT2D eigenvalue weighted by Gasteiger charge is 2.22. The third kappa shape index (κ3) is 4.95. The summed E-state index contributed by atoms with van der Waals surface area (Å²) in [4.78, 5) is 41.8. The minimum atomic E-state index is -0.642. The molecule has 1 aromatic carbocycles. The summed E-state index contributed by atoms with van der Waals surface area (Å²) in [6.45, 7) is 5.48. The third-order valence-corrected chi connectivity index (χ3v) is 4.98. The zero-order valence-electron chi connectivity index (χ0n) is 17.9. The molecular formula is C21H31N5O3. The standard InChI is InChI=1S/C21H31N5O3/c1-6-12-26-19(22)18(20(28)24(5)21(26)29)17(27)14-25(7-2)13-15-8-10-16(11-9-15)23(3)4/h8-11H,6-7,12-14,22H2,1-5H3. The van der Waals surface area contributed by atoms with Gasteiger partial charge < -0.3 is 10.6 Å². The van der Waals surface area contributed by atoms with Crippen LogP contribution in [0.1, 0.15) is 36.2 Å².